The molecular weight excluding hydrogens is 351 g/mol. The predicted octanol–water partition coefficient (Wildman–Crippen LogP) is 4.57. The summed E-state index contributed by atoms with van der Waals surface area (Å²) >= 11 is 14.5. The summed E-state index contributed by atoms with van der Waals surface area (Å²) in [7, 11) is 0. The van der Waals surface area contributed by atoms with Crippen molar-refractivity contribution >= 4 is 50.6 Å². The molecule has 0 bridgehead atoms. The summed E-state index contributed by atoms with van der Waals surface area (Å²) in [6.07, 6.45) is 0.920. The van der Waals surface area contributed by atoms with Gasteiger partial charge in [0.15, 0.2) is 11.6 Å². The normalized spacial score (nSPS) is 10.5. The third-order valence-corrected chi connectivity index (χ3v) is 3.07. The van der Waals surface area contributed by atoms with Gasteiger partial charge in [0, 0.05) is 4.47 Å². The molecule has 18 heavy (non-hydrogen) atoms. The molecule has 2 aromatic rings. The molecule has 94 valence electrons. The summed E-state index contributed by atoms with van der Waals surface area (Å²) in [5.41, 5.74) is 0.284. The number of nitrogens with zero attached hydrogens (tertiary/aromatic N) is 2. The van der Waals surface area contributed by atoms with Gasteiger partial charge in [-0.15, -0.1) is 0 Å². The lowest BCUT2D eigenvalue weighted by Crippen LogP contribution is -2.00. The van der Waals surface area contributed by atoms with Gasteiger partial charge in [0.1, 0.15) is 5.82 Å². The summed E-state index contributed by atoms with van der Waals surface area (Å²) < 4.78 is 26.8. The smallest absolute Gasteiger partial charge is 0.224 e. The molecule has 3 nitrogen and oxygen atoms in total. The van der Waals surface area contributed by atoms with E-state index in [1.807, 2.05) is 0 Å². The molecule has 1 N–H and O–H groups in total. The SMILES string of the molecule is Fc1cc(Cl)c(Nc2nc(Cl)ncc2F)c(Br)c1. The molecule has 0 unspecified atom stereocenters. The minimum Gasteiger partial charge on any atom is -0.335 e. The fourth-order valence-electron chi connectivity index (χ4n) is 1.21. The predicted molar refractivity (Wildman–Crippen MR) is 69.4 cm³/mol. The van der Waals surface area contributed by atoms with Crippen LogP contribution in [-0.2, 0) is 0 Å². The number of aromatic nitrogens is 2. The molecule has 1 aromatic carbocycles. The van der Waals surface area contributed by atoms with Crippen molar-refractivity contribution < 1.29 is 8.78 Å². The number of nitrogens with one attached hydrogen (secondary N) is 1. The summed E-state index contributed by atoms with van der Waals surface area (Å²) in [5.74, 6) is -1.37. The van der Waals surface area contributed by atoms with Crippen molar-refractivity contribution in [2.45, 2.75) is 0 Å². The second kappa shape index (κ2) is 5.34. The van der Waals surface area contributed by atoms with E-state index < -0.39 is 11.6 Å². The van der Waals surface area contributed by atoms with Crippen molar-refractivity contribution in [3.05, 3.63) is 44.7 Å². The topological polar surface area (TPSA) is 37.8 Å². The van der Waals surface area contributed by atoms with Gasteiger partial charge in [-0.2, -0.15) is 4.98 Å². The van der Waals surface area contributed by atoms with Crippen LogP contribution in [0.15, 0.2) is 22.8 Å². The zero-order valence-corrected chi connectivity index (χ0v) is 11.6. The van der Waals surface area contributed by atoms with Gasteiger partial charge in [0.05, 0.1) is 16.9 Å². The fourth-order valence-corrected chi connectivity index (χ4v) is 2.25. The Morgan fingerprint density at radius 1 is 1.22 bits per heavy atom. The van der Waals surface area contributed by atoms with Crippen LogP contribution < -0.4 is 5.32 Å². The van der Waals surface area contributed by atoms with Crippen LogP contribution in [0.2, 0.25) is 10.3 Å². The van der Waals surface area contributed by atoms with E-state index in [4.69, 9.17) is 23.2 Å². The average molecular weight is 355 g/mol. The maximum absolute atomic E-state index is 13.4. The van der Waals surface area contributed by atoms with Crippen molar-refractivity contribution in [2.24, 2.45) is 0 Å². The van der Waals surface area contributed by atoms with Crippen molar-refractivity contribution in [3.63, 3.8) is 0 Å². The van der Waals surface area contributed by atoms with E-state index in [9.17, 15) is 8.78 Å². The van der Waals surface area contributed by atoms with E-state index >= 15 is 0 Å². The molecule has 0 saturated heterocycles. The van der Waals surface area contributed by atoms with Crippen LogP contribution in [0.25, 0.3) is 0 Å². The summed E-state index contributed by atoms with van der Waals surface area (Å²) in [6.45, 7) is 0. The number of halogens is 5. The fraction of sp³-hybridized carbons (Fsp3) is 0. The Bertz CT molecular complexity index is 587. The van der Waals surface area contributed by atoms with Gasteiger partial charge in [-0.1, -0.05) is 11.6 Å². The first-order valence-electron chi connectivity index (χ1n) is 4.57. The second-order valence-electron chi connectivity index (χ2n) is 3.21. The van der Waals surface area contributed by atoms with Crippen molar-refractivity contribution in [2.75, 3.05) is 5.32 Å². The van der Waals surface area contributed by atoms with Crippen LogP contribution in [0.5, 0.6) is 0 Å². The van der Waals surface area contributed by atoms with E-state index in [0.29, 0.717) is 4.47 Å². The molecule has 0 amide bonds. The minimum absolute atomic E-state index is 0.0796. The molecular formula is C10H4BrCl2F2N3. The third-order valence-electron chi connectivity index (χ3n) is 1.96. The number of benzene rings is 1. The monoisotopic (exact) mass is 353 g/mol. The molecule has 8 heteroatoms. The summed E-state index contributed by atoms with van der Waals surface area (Å²) in [4.78, 5) is 7.14. The van der Waals surface area contributed by atoms with Gasteiger partial charge in [-0.3, -0.25) is 0 Å². The number of hydrogen-bond acceptors (Lipinski definition) is 3. The Kier molecular flexibility index (Phi) is 3.99. The summed E-state index contributed by atoms with van der Waals surface area (Å²) in [6, 6.07) is 2.28. The molecule has 0 aliphatic carbocycles. The van der Waals surface area contributed by atoms with E-state index in [1.54, 1.807) is 0 Å². The number of hydrogen-bond donors (Lipinski definition) is 1. The zero-order valence-electron chi connectivity index (χ0n) is 8.52. The largest absolute Gasteiger partial charge is 0.335 e. The molecule has 0 fully saturated rings. The zero-order chi connectivity index (χ0) is 13.3. The molecule has 0 radical (unpaired) electrons. The second-order valence-corrected chi connectivity index (χ2v) is 4.80. The first-order chi connectivity index (χ1) is 8.47. The van der Waals surface area contributed by atoms with E-state index in [0.717, 1.165) is 12.3 Å². The van der Waals surface area contributed by atoms with E-state index in [-0.39, 0.29) is 21.8 Å². The first-order valence-corrected chi connectivity index (χ1v) is 6.12. The highest BCUT2D eigenvalue weighted by molar-refractivity contribution is 9.10. The number of rotatable bonds is 2. The van der Waals surface area contributed by atoms with Gasteiger partial charge in [-0.05, 0) is 39.7 Å². The average Bonchev–Trinajstić information content (AvgIpc) is 2.28. The molecule has 1 heterocycles. The molecule has 2 rings (SSSR count). The Morgan fingerprint density at radius 3 is 2.61 bits per heavy atom. The lowest BCUT2D eigenvalue weighted by atomic mass is 10.3. The van der Waals surface area contributed by atoms with E-state index in [2.05, 4.69) is 31.2 Å². The Balaban J connectivity index is 2.43. The van der Waals surface area contributed by atoms with Gasteiger partial charge in [0.25, 0.3) is 0 Å². The van der Waals surface area contributed by atoms with Gasteiger partial charge in [0.2, 0.25) is 5.28 Å². The lowest BCUT2D eigenvalue weighted by Gasteiger charge is -2.10. The molecule has 0 spiro atoms. The van der Waals surface area contributed by atoms with Crippen LogP contribution in [-0.4, -0.2) is 9.97 Å². The molecule has 0 aliphatic heterocycles. The molecule has 0 saturated carbocycles. The van der Waals surface area contributed by atoms with Crippen LogP contribution in [0.3, 0.4) is 0 Å². The number of anilines is 2. The van der Waals surface area contributed by atoms with Crippen LogP contribution in [0, 0.1) is 11.6 Å². The standard InChI is InChI=1S/C10H4BrCl2F2N3/c11-5-1-4(14)2-6(12)8(5)17-9-7(15)3-16-10(13)18-9/h1-3H,(H,16,17,18). The summed E-state index contributed by atoms with van der Waals surface area (Å²) in [5, 5.41) is 2.58. The molecule has 0 atom stereocenters. The lowest BCUT2D eigenvalue weighted by molar-refractivity contribution is 0.618. The minimum atomic E-state index is -0.702. The van der Waals surface area contributed by atoms with Crippen molar-refractivity contribution in [1.29, 1.82) is 0 Å². The Morgan fingerprint density at radius 2 is 1.94 bits per heavy atom. The highest BCUT2D eigenvalue weighted by Crippen LogP contribution is 2.34. The Labute approximate surface area is 119 Å². The Hall–Kier alpha value is -0.980. The maximum Gasteiger partial charge on any atom is 0.224 e. The first kappa shape index (κ1) is 13.5. The van der Waals surface area contributed by atoms with Crippen LogP contribution in [0.4, 0.5) is 20.3 Å². The van der Waals surface area contributed by atoms with Crippen LogP contribution in [0.1, 0.15) is 0 Å². The van der Waals surface area contributed by atoms with Crippen molar-refractivity contribution in [1.82, 2.24) is 9.97 Å². The molecule has 0 aliphatic rings. The highest BCUT2D eigenvalue weighted by atomic mass is 79.9. The van der Waals surface area contributed by atoms with Gasteiger partial charge in [-0.25, -0.2) is 13.8 Å². The van der Waals surface area contributed by atoms with Gasteiger partial charge < -0.3 is 5.32 Å². The van der Waals surface area contributed by atoms with E-state index in [1.165, 1.54) is 6.07 Å². The molecule has 1 aromatic heterocycles. The van der Waals surface area contributed by atoms with Crippen LogP contribution >= 0.6 is 39.1 Å². The maximum atomic E-state index is 13.4. The van der Waals surface area contributed by atoms with Crippen molar-refractivity contribution in [3.8, 4) is 0 Å². The quantitative estimate of drug-likeness (QED) is 0.803. The third kappa shape index (κ3) is 2.88. The highest BCUT2D eigenvalue weighted by Gasteiger charge is 2.12. The van der Waals surface area contributed by atoms with Gasteiger partial charge >= 0.3 is 0 Å².